The highest BCUT2D eigenvalue weighted by molar-refractivity contribution is 7.07. The largest absolute Gasteiger partial charge is 0.362 e. The molecule has 1 heterocycles. The maximum atomic E-state index is 14.4. The lowest BCUT2D eigenvalue weighted by Crippen LogP contribution is -2.28. The lowest BCUT2D eigenvalue weighted by molar-refractivity contribution is 0.607. The Hall–Kier alpha value is -1.39. The Bertz CT molecular complexity index is 576. The molecular formula is C16H19FN2S. The molecule has 1 aromatic heterocycles. The van der Waals surface area contributed by atoms with Gasteiger partial charge < -0.3 is 10.6 Å². The van der Waals surface area contributed by atoms with Crippen molar-refractivity contribution >= 4 is 17.0 Å². The quantitative estimate of drug-likeness (QED) is 0.899. The van der Waals surface area contributed by atoms with E-state index >= 15 is 0 Å². The zero-order chi connectivity index (χ0) is 14.1. The van der Waals surface area contributed by atoms with E-state index in [4.69, 9.17) is 5.73 Å². The Balaban J connectivity index is 1.99. The van der Waals surface area contributed by atoms with Gasteiger partial charge in [0.25, 0.3) is 0 Å². The summed E-state index contributed by atoms with van der Waals surface area (Å²) in [6.45, 7) is 2.67. The van der Waals surface area contributed by atoms with Gasteiger partial charge in [-0.1, -0.05) is 12.1 Å². The predicted octanol–water partition coefficient (Wildman–Crippen LogP) is 4.08. The van der Waals surface area contributed by atoms with Gasteiger partial charge in [0.2, 0.25) is 0 Å². The Morgan fingerprint density at radius 1 is 1.40 bits per heavy atom. The Morgan fingerprint density at radius 2 is 2.20 bits per heavy atom. The average molecular weight is 290 g/mol. The van der Waals surface area contributed by atoms with Crippen molar-refractivity contribution in [1.82, 2.24) is 0 Å². The van der Waals surface area contributed by atoms with E-state index in [-0.39, 0.29) is 11.9 Å². The van der Waals surface area contributed by atoms with Crippen molar-refractivity contribution in [3.63, 3.8) is 0 Å². The average Bonchev–Trinajstić information content (AvgIpc) is 3.13. The second-order valence-electron chi connectivity index (χ2n) is 5.46. The third-order valence-electron chi connectivity index (χ3n) is 3.72. The zero-order valence-corrected chi connectivity index (χ0v) is 12.4. The molecule has 1 aromatic carbocycles. The summed E-state index contributed by atoms with van der Waals surface area (Å²) in [6.07, 6.45) is 2.27. The van der Waals surface area contributed by atoms with Crippen LogP contribution >= 0.6 is 11.3 Å². The fourth-order valence-electron chi connectivity index (χ4n) is 2.56. The van der Waals surface area contributed by atoms with Gasteiger partial charge in [0, 0.05) is 18.6 Å². The van der Waals surface area contributed by atoms with Crippen LogP contribution in [0.4, 0.5) is 10.1 Å². The third kappa shape index (κ3) is 2.72. The molecule has 20 heavy (non-hydrogen) atoms. The van der Waals surface area contributed by atoms with Crippen LogP contribution in [0, 0.1) is 5.82 Å². The maximum absolute atomic E-state index is 14.4. The smallest absolute Gasteiger partial charge is 0.146 e. The minimum absolute atomic E-state index is 0.163. The summed E-state index contributed by atoms with van der Waals surface area (Å²) < 4.78 is 14.4. The molecule has 3 rings (SSSR count). The summed E-state index contributed by atoms with van der Waals surface area (Å²) in [5.74, 6) is -0.165. The molecule has 0 radical (unpaired) electrons. The monoisotopic (exact) mass is 290 g/mol. The van der Waals surface area contributed by atoms with Gasteiger partial charge in [-0.3, -0.25) is 0 Å². The van der Waals surface area contributed by atoms with E-state index in [2.05, 4.69) is 21.7 Å². The van der Waals surface area contributed by atoms with Gasteiger partial charge in [-0.15, -0.1) is 0 Å². The van der Waals surface area contributed by atoms with Crippen molar-refractivity contribution in [2.45, 2.75) is 38.4 Å². The van der Waals surface area contributed by atoms with Gasteiger partial charge >= 0.3 is 0 Å². The number of hydrogen-bond acceptors (Lipinski definition) is 3. The van der Waals surface area contributed by atoms with Crippen molar-refractivity contribution in [1.29, 1.82) is 0 Å². The summed E-state index contributed by atoms with van der Waals surface area (Å²) >= 11 is 1.68. The normalized spacial score (nSPS) is 16.1. The summed E-state index contributed by atoms with van der Waals surface area (Å²) in [4.78, 5) is 2.19. The van der Waals surface area contributed by atoms with Crippen molar-refractivity contribution in [2.75, 3.05) is 4.90 Å². The topological polar surface area (TPSA) is 29.3 Å². The first kappa shape index (κ1) is 13.6. The molecule has 1 saturated carbocycles. The van der Waals surface area contributed by atoms with Crippen LogP contribution in [0.15, 0.2) is 35.0 Å². The predicted molar refractivity (Wildman–Crippen MR) is 82.5 cm³/mol. The summed E-state index contributed by atoms with van der Waals surface area (Å²) in [5.41, 5.74) is 8.85. The Morgan fingerprint density at radius 3 is 2.80 bits per heavy atom. The van der Waals surface area contributed by atoms with Crippen LogP contribution in [0.1, 0.15) is 36.9 Å². The van der Waals surface area contributed by atoms with E-state index in [9.17, 15) is 4.39 Å². The molecule has 0 aliphatic heterocycles. The molecule has 1 fully saturated rings. The van der Waals surface area contributed by atoms with Gasteiger partial charge in [-0.05, 0) is 53.8 Å². The number of halogens is 1. The third-order valence-corrected chi connectivity index (χ3v) is 4.45. The highest BCUT2D eigenvalue weighted by atomic mass is 32.1. The molecule has 2 N–H and O–H groups in total. The lowest BCUT2D eigenvalue weighted by atomic mass is 10.0. The fraction of sp³-hybridized carbons (Fsp3) is 0.375. The number of nitrogens with two attached hydrogens (primary N) is 1. The van der Waals surface area contributed by atoms with Crippen molar-refractivity contribution in [3.05, 3.63) is 52.0 Å². The zero-order valence-electron chi connectivity index (χ0n) is 11.6. The van der Waals surface area contributed by atoms with E-state index in [0.717, 1.165) is 24.9 Å². The molecule has 0 spiro atoms. The molecule has 0 bridgehead atoms. The second kappa shape index (κ2) is 5.54. The summed E-state index contributed by atoms with van der Waals surface area (Å²) in [7, 11) is 0. The number of thiophene rings is 1. The molecule has 0 unspecified atom stereocenters. The number of hydrogen-bond donors (Lipinski definition) is 1. The Labute approximate surface area is 123 Å². The van der Waals surface area contributed by atoms with Crippen LogP contribution in [0.3, 0.4) is 0 Å². The van der Waals surface area contributed by atoms with Crippen LogP contribution in [-0.4, -0.2) is 6.04 Å². The van der Waals surface area contributed by atoms with Gasteiger partial charge in [0.15, 0.2) is 0 Å². The van der Waals surface area contributed by atoms with Crippen LogP contribution in [0.5, 0.6) is 0 Å². The van der Waals surface area contributed by atoms with Crippen LogP contribution in [0.25, 0.3) is 0 Å². The van der Waals surface area contributed by atoms with E-state index in [1.165, 1.54) is 11.6 Å². The van der Waals surface area contributed by atoms with Gasteiger partial charge in [-0.2, -0.15) is 11.3 Å². The van der Waals surface area contributed by atoms with E-state index in [0.29, 0.717) is 11.7 Å². The first-order valence-corrected chi connectivity index (χ1v) is 7.93. The van der Waals surface area contributed by atoms with Crippen molar-refractivity contribution in [3.8, 4) is 0 Å². The molecule has 1 aliphatic rings. The minimum atomic E-state index is -0.165. The van der Waals surface area contributed by atoms with E-state index < -0.39 is 0 Å². The molecule has 1 aliphatic carbocycles. The van der Waals surface area contributed by atoms with E-state index in [1.54, 1.807) is 17.4 Å². The van der Waals surface area contributed by atoms with Crippen LogP contribution in [-0.2, 0) is 6.54 Å². The first-order chi connectivity index (χ1) is 9.66. The number of anilines is 1. The minimum Gasteiger partial charge on any atom is -0.362 e. The molecule has 0 amide bonds. The number of benzene rings is 1. The van der Waals surface area contributed by atoms with Gasteiger partial charge in [0.1, 0.15) is 5.82 Å². The number of para-hydroxylation sites is 1. The molecule has 0 saturated heterocycles. The molecular weight excluding hydrogens is 271 g/mol. The van der Waals surface area contributed by atoms with Crippen molar-refractivity contribution < 1.29 is 4.39 Å². The molecule has 2 nitrogen and oxygen atoms in total. The first-order valence-electron chi connectivity index (χ1n) is 6.98. The number of rotatable bonds is 5. The summed E-state index contributed by atoms with van der Waals surface area (Å²) in [6, 6.07) is 7.60. The SMILES string of the molecule is C[C@@H](N)c1cccc(F)c1N(Cc1ccsc1)C1CC1. The van der Waals surface area contributed by atoms with Crippen LogP contribution < -0.4 is 10.6 Å². The molecule has 106 valence electrons. The highest BCUT2D eigenvalue weighted by Gasteiger charge is 2.32. The van der Waals surface area contributed by atoms with Gasteiger partial charge in [0.05, 0.1) is 5.69 Å². The molecule has 2 aromatic rings. The Kier molecular flexibility index (Phi) is 3.76. The van der Waals surface area contributed by atoms with Crippen LogP contribution in [0.2, 0.25) is 0 Å². The highest BCUT2D eigenvalue weighted by Crippen LogP contribution is 2.38. The molecule has 4 heteroatoms. The number of nitrogens with zero attached hydrogens (tertiary/aromatic N) is 1. The standard InChI is InChI=1S/C16H19FN2S/c1-11(18)14-3-2-4-15(17)16(14)19(13-5-6-13)9-12-7-8-20-10-12/h2-4,7-8,10-11,13H,5-6,9,18H2,1H3/t11-/m1/s1. The lowest BCUT2D eigenvalue weighted by Gasteiger charge is -2.28. The maximum Gasteiger partial charge on any atom is 0.146 e. The van der Waals surface area contributed by atoms with Gasteiger partial charge in [-0.25, -0.2) is 4.39 Å². The molecule has 1 atom stereocenters. The van der Waals surface area contributed by atoms with E-state index in [1.807, 2.05) is 13.0 Å². The second-order valence-corrected chi connectivity index (χ2v) is 6.24. The summed E-state index contributed by atoms with van der Waals surface area (Å²) in [5, 5.41) is 4.19. The van der Waals surface area contributed by atoms with Crippen molar-refractivity contribution in [2.24, 2.45) is 5.73 Å². The fourth-order valence-corrected chi connectivity index (χ4v) is 3.22.